The predicted octanol–water partition coefficient (Wildman–Crippen LogP) is 3.55. The lowest BCUT2D eigenvalue weighted by molar-refractivity contribution is 0.561. The molecule has 2 aromatic heterocycles. The Morgan fingerprint density at radius 3 is 2.34 bits per heavy atom. The van der Waals surface area contributed by atoms with Gasteiger partial charge in [-0.15, -0.1) is 10.2 Å². The van der Waals surface area contributed by atoms with Gasteiger partial charge in [0.05, 0.1) is 6.54 Å². The monoisotopic (exact) mass is 473 g/mol. The van der Waals surface area contributed by atoms with Crippen LogP contribution in [0, 0.1) is 0 Å². The SMILES string of the molecule is CCCCN(C)c1cc(=O)n(CCC)c(=O)n1Cc1ccc(-c2ccccc2-c2nn[nH]n2)cc1. The number of benzene rings is 2. The number of nitrogens with one attached hydrogen (secondary N) is 1. The maximum absolute atomic E-state index is 13.3. The average Bonchev–Trinajstić information content (AvgIpc) is 3.42. The van der Waals surface area contributed by atoms with Crippen LogP contribution < -0.4 is 16.1 Å². The lowest BCUT2D eigenvalue weighted by Gasteiger charge is -2.24. The zero-order chi connectivity index (χ0) is 24.8. The second kappa shape index (κ2) is 10.9. The minimum absolute atomic E-state index is 0.250. The van der Waals surface area contributed by atoms with Crippen LogP contribution in [0.4, 0.5) is 5.82 Å². The molecular formula is C26H31N7O2. The van der Waals surface area contributed by atoms with Crippen molar-refractivity contribution in [3.05, 3.63) is 81.0 Å². The van der Waals surface area contributed by atoms with E-state index < -0.39 is 0 Å². The third-order valence-corrected chi connectivity index (χ3v) is 6.06. The Hall–Kier alpha value is -4.01. The van der Waals surface area contributed by atoms with Crippen molar-refractivity contribution in [2.24, 2.45) is 0 Å². The summed E-state index contributed by atoms with van der Waals surface area (Å²) in [4.78, 5) is 28.0. The number of tetrazole rings is 1. The molecule has 0 saturated heterocycles. The van der Waals surface area contributed by atoms with Crippen molar-refractivity contribution in [2.75, 3.05) is 18.5 Å². The fourth-order valence-electron chi connectivity index (χ4n) is 4.19. The molecule has 0 atom stereocenters. The van der Waals surface area contributed by atoms with Gasteiger partial charge in [0.25, 0.3) is 5.56 Å². The molecule has 0 saturated carbocycles. The van der Waals surface area contributed by atoms with Gasteiger partial charge in [0, 0.05) is 31.8 Å². The normalized spacial score (nSPS) is 11.1. The third-order valence-electron chi connectivity index (χ3n) is 6.06. The van der Waals surface area contributed by atoms with E-state index in [0.717, 1.165) is 41.6 Å². The molecule has 0 spiro atoms. The van der Waals surface area contributed by atoms with Crippen molar-refractivity contribution in [3.63, 3.8) is 0 Å². The van der Waals surface area contributed by atoms with Gasteiger partial charge in [-0.2, -0.15) is 5.21 Å². The zero-order valence-corrected chi connectivity index (χ0v) is 20.4. The maximum Gasteiger partial charge on any atom is 0.332 e. The highest BCUT2D eigenvalue weighted by Gasteiger charge is 2.15. The van der Waals surface area contributed by atoms with E-state index in [1.807, 2.05) is 67.4 Å². The molecule has 0 aliphatic rings. The number of rotatable bonds is 10. The van der Waals surface area contributed by atoms with Crippen LogP contribution in [-0.2, 0) is 13.1 Å². The molecule has 182 valence electrons. The number of unbranched alkanes of at least 4 members (excludes halogenated alkanes) is 1. The van der Waals surface area contributed by atoms with Crippen molar-refractivity contribution >= 4 is 5.82 Å². The number of aromatic nitrogens is 6. The van der Waals surface area contributed by atoms with Crippen LogP contribution in [0.3, 0.4) is 0 Å². The lowest BCUT2D eigenvalue weighted by Crippen LogP contribution is -2.42. The molecule has 9 heteroatoms. The van der Waals surface area contributed by atoms with Crippen LogP contribution in [0.15, 0.2) is 64.2 Å². The first-order valence-electron chi connectivity index (χ1n) is 12.0. The molecule has 0 radical (unpaired) electrons. The number of hydrogen-bond acceptors (Lipinski definition) is 6. The maximum atomic E-state index is 13.3. The molecule has 35 heavy (non-hydrogen) atoms. The molecule has 0 unspecified atom stereocenters. The van der Waals surface area contributed by atoms with Gasteiger partial charge in [-0.1, -0.05) is 68.8 Å². The van der Waals surface area contributed by atoms with Crippen LogP contribution in [-0.4, -0.2) is 43.4 Å². The van der Waals surface area contributed by atoms with Crippen LogP contribution in [0.1, 0.15) is 38.7 Å². The van der Waals surface area contributed by atoms with Gasteiger partial charge in [-0.3, -0.25) is 13.9 Å². The van der Waals surface area contributed by atoms with Crippen LogP contribution in [0.2, 0.25) is 0 Å². The second-order valence-electron chi connectivity index (χ2n) is 8.61. The number of H-pyrrole nitrogens is 1. The van der Waals surface area contributed by atoms with Crippen molar-refractivity contribution in [1.82, 2.24) is 29.8 Å². The van der Waals surface area contributed by atoms with E-state index in [2.05, 4.69) is 27.5 Å². The number of hydrogen-bond donors (Lipinski definition) is 1. The van der Waals surface area contributed by atoms with E-state index in [0.29, 0.717) is 31.2 Å². The molecule has 0 aliphatic carbocycles. The highest BCUT2D eigenvalue weighted by atomic mass is 16.2. The topological polar surface area (TPSA) is 102 Å². The smallest absolute Gasteiger partial charge is 0.332 e. The number of aromatic amines is 1. The van der Waals surface area contributed by atoms with Gasteiger partial charge in [0.2, 0.25) is 5.82 Å². The fraction of sp³-hybridized carbons (Fsp3) is 0.346. The summed E-state index contributed by atoms with van der Waals surface area (Å²) in [7, 11) is 1.93. The van der Waals surface area contributed by atoms with Crippen molar-refractivity contribution in [3.8, 4) is 22.5 Å². The fourth-order valence-corrected chi connectivity index (χ4v) is 4.19. The standard InChI is InChI=1S/C26H31N7O2/c1-4-6-16-31(3)23-17-24(34)32(15-5-2)26(35)33(23)18-19-11-13-20(14-12-19)21-9-7-8-10-22(21)25-27-29-30-28-25/h7-14,17H,4-6,15-16,18H2,1-3H3,(H,27,28,29,30). The molecule has 9 nitrogen and oxygen atoms in total. The minimum atomic E-state index is -0.274. The summed E-state index contributed by atoms with van der Waals surface area (Å²) in [6, 6.07) is 17.6. The van der Waals surface area contributed by atoms with E-state index in [4.69, 9.17) is 0 Å². The molecule has 4 aromatic rings. The van der Waals surface area contributed by atoms with Gasteiger partial charge in [-0.05, 0) is 34.7 Å². The van der Waals surface area contributed by atoms with Crippen molar-refractivity contribution in [2.45, 2.75) is 46.2 Å². The number of nitrogens with zero attached hydrogens (tertiary/aromatic N) is 6. The van der Waals surface area contributed by atoms with Crippen LogP contribution in [0.5, 0.6) is 0 Å². The summed E-state index contributed by atoms with van der Waals surface area (Å²) in [5, 5.41) is 14.4. The van der Waals surface area contributed by atoms with E-state index >= 15 is 0 Å². The molecular weight excluding hydrogens is 442 g/mol. The minimum Gasteiger partial charge on any atom is -0.361 e. The Kier molecular flexibility index (Phi) is 7.54. The van der Waals surface area contributed by atoms with E-state index in [1.54, 1.807) is 10.6 Å². The van der Waals surface area contributed by atoms with E-state index in [-0.39, 0.29) is 11.2 Å². The lowest BCUT2D eigenvalue weighted by atomic mass is 9.98. The highest BCUT2D eigenvalue weighted by Crippen LogP contribution is 2.29. The van der Waals surface area contributed by atoms with Crippen LogP contribution in [0.25, 0.3) is 22.5 Å². The van der Waals surface area contributed by atoms with Gasteiger partial charge in [0.1, 0.15) is 5.82 Å². The molecule has 2 aromatic carbocycles. The molecule has 0 aliphatic heterocycles. The third kappa shape index (κ3) is 5.24. The van der Waals surface area contributed by atoms with Crippen molar-refractivity contribution in [1.29, 1.82) is 0 Å². The first-order valence-corrected chi connectivity index (χ1v) is 12.0. The average molecular weight is 474 g/mol. The van der Waals surface area contributed by atoms with Gasteiger partial charge < -0.3 is 4.90 Å². The van der Waals surface area contributed by atoms with E-state index in [1.165, 1.54) is 4.57 Å². The Balaban J connectivity index is 1.69. The molecule has 0 bridgehead atoms. The summed E-state index contributed by atoms with van der Waals surface area (Å²) in [6.45, 7) is 5.64. The van der Waals surface area contributed by atoms with Gasteiger partial charge in [0.15, 0.2) is 0 Å². The Morgan fingerprint density at radius 1 is 0.943 bits per heavy atom. The second-order valence-corrected chi connectivity index (χ2v) is 8.61. The Morgan fingerprint density at radius 2 is 1.69 bits per heavy atom. The molecule has 1 N–H and O–H groups in total. The summed E-state index contributed by atoms with van der Waals surface area (Å²) < 4.78 is 3.03. The van der Waals surface area contributed by atoms with Crippen LogP contribution >= 0.6 is 0 Å². The first-order chi connectivity index (χ1) is 17.0. The van der Waals surface area contributed by atoms with Gasteiger partial charge in [-0.25, -0.2) is 4.79 Å². The quantitative estimate of drug-likeness (QED) is 0.378. The molecule has 2 heterocycles. The summed E-state index contributed by atoms with van der Waals surface area (Å²) in [5.41, 5.74) is 3.34. The zero-order valence-electron chi connectivity index (χ0n) is 20.4. The first kappa shape index (κ1) is 24.1. The Labute approximate surface area is 204 Å². The summed E-state index contributed by atoms with van der Waals surface area (Å²) >= 11 is 0. The summed E-state index contributed by atoms with van der Waals surface area (Å²) in [5.74, 6) is 1.18. The molecule has 0 amide bonds. The highest BCUT2D eigenvalue weighted by molar-refractivity contribution is 5.80. The Bertz CT molecular complexity index is 1370. The number of anilines is 1. The van der Waals surface area contributed by atoms with E-state index in [9.17, 15) is 9.59 Å². The summed E-state index contributed by atoms with van der Waals surface area (Å²) in [6.07, 6.45) is 2.74. The van der Waals surface area contributed by atoms with Crippen molar-refractivity contribution < 1.29 is 0 Å². The van der Waals surface area contributed by atoms with Gasteiger partial charge >= 0.3 is 5.69 Å². The molecule has 4 rings (SSSR count). The largest absolute Gasteiger partial charge is 0.361 e. The molecule has 0 fully saturated rings. The predicted molar refractivity (Wildman–Crippen MR) is 138 cm³/mol.